The molecule has 0 bridgehead atoms. The number of nitrogens with zero attached hydrogens (tertiary/aromatic N) is 3. The van der Waals surface area contributed by atoms with E-state index in [1.54, 1.807) is 13.8 Å². The molecule has 1 aliphatic heterocycles. The number of phosphoric acid groups is 2. The van der Waals surface area contributed by atoms with Gasteiger partial charge in [-0.3, -0.25) is 28.2 Å². The lowest BCUT2D eigenvalue weighted by molar-refractivity contribution is -0.170. The van der Waals surface area contributed by atoms with Gasteiger partial charge in [-0.15, -0.1) is 0 Å². The second-order valence-electron chi connectivity index (χ2n) is 12.3. The summed E-state index contributed by atoms with van der Waals surface area (Å²) in [6.45, 7) is 2.60. The summed E-state index contributed by atoms with van der Waals surface area (Å²) in [6.07, 6.45) is -12.7. The number of aromatic amines is 1. The molecule has 3 heterocycles. The van der Waals surface area contributed by atoms with Crippen LogP contribution in [0.4, 0.5) is 10.3 Å². The average Bonchev–Trinajstić information content (AvgIpc) is 3.55. The normalized spacial score (nSPS) is 24.8. The van der Waals surface area contributed by atoms with Crippen molar-refractivity contribution in [1.82, 2.24) is 24.8 Å². The summed E-state index contributed by atoms with van der Waals surface area (Å²) in [7, 11) is -11.1. The van der Waals surface area contributed by atoms with Gasteiger partial charge in [0.05, 0.1) is 24.9 Å². The highest BCUT2D eigenvalue weighted by molar-refractivity contribution is 7.61. The number of amides is 1. The minimum Gasteiger partial charge on any atom is -0.394 e. The molecule has 1 fully saturated rings. The van der Waals surface area contributed by atoms with Crippen molar-refractivity contribution in [3.8, 4) is 0 Å². The Kier molecular flexibility index (Phi) is 13.9. The number of hydrogen-bond acceptors (Lipinski definition) is 17. The van der Waals surface area contributed by atoms with Gasteiger partial charge >= 0.3 is 22.6 Å². The van der Waals surface area contributed by atoms with Gasteiger partial charge in [-0.1, -0.05) is 27.7 Å². The third kappa shape index (κ3) is 10.1. The van der Waals surface area contributed by atoms with Crippen LogP contribution in [0.25, 0.3) is 11.2 Å². The number of carbonyl (C=O) groups is 1. The van der Waals surface area contributed by atoms with E-state index in [0.29, 0.717) is 0 Å². The summed E-state index contributed by atoms with van der Waals surface area (Å²) in [4.78, 5) is 55.0. The predicted octanol–water partition coefficient (Wildman–Crippen LogP) is -1.72. The molecule has 0 radical (unpaired) electrons. The summed E-state index contributed by atoms with van der Waals surface area (Å²) >= 11 is 0. The summed E-state index contributed by atoms with van der Waals surface area (Å²) in [5.74, 6) is -1.63. The lowest BCUT2D eigenvalue weighted by atomic mass is 9.43. The number of nitrogens with one attached hydrogen (secondary N) is 2. The maximum Gasteiger partial charge on any atom is 0.483 e. The second-order valence-corrected chi connectivity index (χ2v) is 15.3. The molecule has 0 spiro atoms. The minimum atomic E-state index is -5.56. The number of imidazole rings is 1. The van der Waals surface area contributed by atoms with Gasteiger partial charge in [-0.2, -0.15) is 9.29 Å². The van der Waals surface area contributed by atoms with E-state index in [-0.39, 0.29) is 17.1 Å². The van der Waals surface area contributed by atoms with Crippen molar-refractivity contribution >= 4 is 45.7 Å². The zero-order valence-corrected chi connectivity index (χ0v) is 29.3. The van der Waals surface area contributed by atoms with Crippen LogP contribution in [0.2, 0.25) is 11.1 Å². The molecule has 3 rings (SSSR count). The van der Waals surface area contributed by atoms with Crippen LogP contribution in [-0.4, -0.2) is 130 Å². The van der Waals surface area contributed by atoms with Gasteiger partial charge < -0.3 is 60.2 Å². The number of nitrogens with two attached hydrogens (primary N) is 1. The molecule has 11 N–H and O–H groups in total. The van der Waals surface area contributed by atoms with Crippen LogP contribution < -0.4 is 16.6 Å². The Morgan fingerprint density at radius 2 is 1.86 bits per heavy atom. The largest absolute Gasteiger partial charge is 0.483 e. The van der Waals surface area contributed by atoms with E-state index in [1.165, 1.54) is 13.8 Å². The predicted molar refractivity (Wildman–Crippen MR) is 169 cm³/mol. The van der Waals surface area contributed by atoms with E-state index in [9.17, 15) is 58.4 Å². The van der Waals surface area contributed by atoms with Crippen molar-refractivity contribution in [2.45, 2.75) is 94.9 Å². The average molecular weight is 762 g/mol. The summed E-state index contributed by atoms with van der Waals surface area (Å²) in [6, 6.07) is 0. The lowest BCUT2D eigenvalue weighted by Crippen LogP contribution is -2.51. The molecule has 1 saturated heterocycles. The van der Waals surface area contributed by atoms with E-state index < -0.39 is 114 Å². The van der Waals surface area contributed by atoms with Crippen molar-refractivity contribution in [2.75, 3.05) is 25.5 Å². The summed E-state index contributed by atoms with van der Waals surface area (Å²) in [5.41, 5.74) is 4.55. The third-order valence-electron chi connectivity index (χ3n) is 7.60. The topological polar surface area (TPSA) is 341 Å². The summed E-state index contributed by atoms with van der Waals surface area (Å²) in [5, 5.41) is 51.4. The number of nitrogen functional groups attached to an aromatic ring is 1. The first-order valence-electron chi connectivity index (χ1n) is 15.0. The first-order chi connectivity index (χ1) is 23.0. The van der Waals surface area contributed by atoms with Gasteiger partial charge in [0, 0.05) is 6.54 Å². The number of carbonyl (C=O) groups excluding carboxylic acids is 1. The van der Waals surface area contributed by atoms with E-state index in [2.05, 4.69) is 29.1 Å². The summed E-state index contributed by atoms with van der Waals surface area (Å²) < 4.78 is 65.4. The van der Waals surface area contributed by atoms with Crippen molar-refractivity contribution in [2.24, 2.45) is 0 Å². The maximum atomic E-state index is 14.7. The zero-order chi connectivity index (χ0) is 37.9. The number of aromatic nitrogens is 4. The van der Waals surface area contributed by atoms with E-state index >= 15 is 0 Å². The number of halogens is 1. The highest BCUT2D eigenvalue weighted by atomic mass is 31.3. The fraction of sp³-hybridized carbons (Fsp3) is 0.750. The maximum absolute atomic E-state index is 14.7. The monoisotopic (exact) mass is 762 g/mol. The molecule has 22 nitrogen and oxygen atoms in total. The molecule has 1 amide bonds. The molecule has 50 heavy (non-hydrogen) atoms. The molecule has 284 valence electrons. The van der Waals surface area contributed by atoms with Crippen molar-refractivity contribution in [3.05, 3.63) is 16.7 Å². The molecule has 2 aromatic heterocycles. The van der Waals surface area contributed by atoms with Crippen molar-refractivity contribution in [3.63, 3.8) is 0 Å². The van der Waals surface area contributed by atoms with Crippen LogP contribution in [0.1, 0.15) is 40.8 Å². The van der Waals surface area contributed by atoms with E-state index in [1.807, 2.05) is 0 Å². The number of rotatable bonds is 18. The Bertz CT molecular complexity index is 1630. The Morgan fingerprint density at radius 1 is 1.22 bits per heavy atom. The van der Waals surface area contributed by atoms with Crippen molar-refractivity contribution in [1.29, 1.82) is 0 Å². The van der Waals surface area contributed by atoms with Gasteiger partial charge in [0.25, 0.3) is 5.56 Å². The number of ether oxygens (including phenoxy) is 2. The first-order valence-corrected chi connectivity index (χ1v) is 18.0. The molecule has 0 aromatic carbocycles. The lowest BCUT2D eigenvalue weighted by Gasteiger charge is -2.31. The first kappa shape index (κ1) is 42.0. The molecule has 0 aliphatic carbocycles. The molecule has 1 aliphatic rings. The fourth-order valence-electron chi connectivity index (χ4n) is 5.01. The number of anilines is 1. The van der Waals surface area contributed by atoms with Crippen LogP contribution >= 0.6 is 15.6 Å². The Labute approximate surface area is 284 Å². The molecular formula is C24H42BFN6O16P2. The SMILES string of the molecule is CC(C)B(F)C(C)(C)C(=O)NCC(O[C@@H](C)OP(=O)(O)OP(=O)(O)OCC1OC(n2cnc3c(=O)[nH]c(N)nc32)C(O)C1O)C(O)[C@H](O)CO. The van der Waals surface area contributed by atoms with E-state index in [4.69, 9.17) is 19.7 Å². The van der Waals surface area contributed by atoms with Crippen LogP contribution in [0.5, 0.6) is 0 Å². The highest BCUT2D eigenvalue weighted by Crippen LogP contribution is 2.61. The standard InChI is InChI=1S/C24H42BFN6O16P2/c1-10(2)25(26)24(4,5)22(39)28-6-13(16(35)12(34)7-33)45-11(3)47-50(42,43)48-49(40,41)44-8-14-17(36)18(37)21(46-14)32-9-29-15-19(32)30-23(27)31-20(15)38/h9-14,16-18,21,33-37H,6-8H2,1-5H3,(H,28,39)(H,40,41)(H,42,43)(H3,27,30,31,38)/t11-,12-,13?,14?,16?,17?,18?,21?/m1/s1. The van der Waals surface area contributed by atoms with Gasteiger partial charge in [0.2, 0.25) is 11.9 Å². The van der Waals surface area contributed by atoms with Gasteiger partial charge in [-0.25, -0.2) is 14.1 Å². The van der Waals surface area contributed by atoms with Gasteiger partial charge in [-0.05, 0) is 12.7 Å². The Balaban J connectivity index is 1.62. The smallest absolute Gasteiger partial charge is 0.394 e. The number of hydrogen-bond donors (Lipinski definition) is 10. The molecule has 26 heteroatoms. The molecule has 8 unspecified atom stereocenters. The molecular weight excluding hydrogens is 720 g/mol. The quantitative estimate of drug-likeness (QED) is 0.0459. The molecule has 10 atom stereocenters. The fourth-order valence-corrected chi connectivity index (χ4v) is 7.16. The van der Waals surface area contributed by atoms with Crippen molar-refractivity contribution < 1.29 is 76.4 Å². The van der Waals surface area contributed by atoms with E-state index in [0.717, 1.165) is 17.8 Å². The second kappa shape index (κ2) is 16.5. The zero-order valence-electron chi connectivity index (χ0n) is 27.5. The molecule has 0 saturated carbocycles. The van der Waals surface area contributed by atoms with Crippen LogP contribution in [0.3, 0.4) is 0 Å². The number of H-pyrrole nitrogens is 1. The minimum absolute atomic E-state index is 0.124. The number of aliphatic hydroxyl groups excluding tert-OH is 5. The van der Waals surface area contributed by atoms with Crippen LogP contribution in [0, 0.1) is 0 Å². The van der Waals surface area contributed by atoms with Gasteiger partial charge in [0.1, 0.15) is 36.6 Å². The van der Waals surface area contributed by atoms with Crippen LogP contribution in [-0.2, 0) is 36.8 Å². The number of fused-ring (bicyclic) bond motifs is 1. The Hall–Kier alpha value is -2.41. The number of phosphoric ester groups is 2. The molecule has 2 aromatic rings. The number of aliphatic hydroxyl groups is 5. The third-order valence-corrected chi connectivity index (χ3v) is 10.3. The Morgan fingerprint density at radius 3 is 2.46 bits per heavy atom. The van der Waals surface area contributed by atoms with Gasteiger partial charge in [0.15, 0.2) is 23.7 Å². The highest BCUT2D eigenvalue weighted by Gasteiger charge is 2.47. The van der Waals surface area contributed by atoms with Crippen LogP contribution in [0.15, 0.2) is 11.1 Å².